The molecule has 0 bridgehead atoms. The van der Waals surface area contributed by atoms with Crippen LogP contribution in [0.15, 0.2) is 24.3 Å². The van der Waals surface area contributed by atoms with Gasteiger partial charge >= 0.3 is 0 Å². The molecule has 2 amide bonds. The van der Waals surface area contributed by atoms with E-state index < -0.39 is 0 Å². The molecule has 0 saturated carbocycles. The van der Waals surface area contributed by atoms with Crippen LogP contribution in [0.2, 0.25) is 0 Å². The fourth-order valence-electron chi connectivity index (χ4n) is 2.97. The molecule has 2 rings (SSSR count). The van der Waals surface area contributed by atoms with Crippen LogP contribution in [0.5, 0.6) is 0 Å². The smallest absolute Gasteiger partial charge is 0.238 e. The normalized spacial score (nSPS) is 17.8. The highest BCUT2D eigenvalue weighted by molar-refractivity contribution is 5.97. The second-order valence-corrected chi connectivity index (χ2v) is 6.34. The maximum atomic E-state index is 12.3. The quantitative estimate of drug-likeness (QED) is 0.628. The van der Waals surface area contributed by atoms with Gasteiger partial charge in [-0.15, -0.1) is 0 Å². The Hall–Kier alpha value is -2.25. The Balaban J connectivity index is 1.86. The van der Waals surface area contributed by atoms with E-state index >= 15 is 0 Å². The SMILES string of the molecule is CC(=O)c1cccc(NC(=O)CN2CCCC(C(=O)NCCN)C2)c1. The number of carbonyl (C=O) groups excluding carboxylic acids is 3. The van der Waals surface area contributed by atoms with E-state index in [1.54, 1.807) is 24.3 Å². The first-order valence-corrected chi connectivity index (χ1v) is 8.60. The number of nitrogens with one attached hydrogen (secondary N) is 2. The summed E-state index contributed by atoms with van der Waals surface area (Å²) in [7, 11) is 0. The van der Waals surface area contributed by atoms with Gasteiger partial charge in [0, 0.05) is 30.9 Å². The van der Waals surface area contributed by atoms with Crippen LogP contribution in [-0.4, -0.2) is 55.2 Å². The minimum atomic E-state index is -0.149. The molecule has 0 aromatic heterocycles. The number of Topliss-reactive ketones (excluding diaryl/α,β-unsaturated/α-hetero) is 1. The summed E-state index contributed by atoms with van der Waals surface area (Å²) in [5, 5.41) is 5.62. The average molecular weight is 346 g/mol. The van der Waals surface area contributed by atoms with E-state index in [2.05, 4.69) is 10.6 Å². The van der Waals surface area contributed by atoms with Gasteiger partial charge in [-0.1, -0.05) is 12.1 Å². The molecule has 1 aliphatic rings. The van der Waals surface area contributed by atoms with Crippen molar-refractivity contribution >= 4 is 23.3 Å². The number of carbonyl (C=O) groups is 3. The molecule has 7 nitrogen and oxygen atoms in total. The van der Waals surface area contributed by atoms with Crippen LogP contribution < -0.4 is 16.4 Å². The van der Waals surface area contributed by atoms with Gasteiger partial charge < -0.3 is 16.4 Å². The summed E-state index contributed by atoms with van der Waals surface area (Å²) in [5.74, 6) is -0.291. The van der Waals surface area contributed by atoms with Crippen LogP contribution in [0.1, 0.15) is 30.1 Å². The lowest BCUT2D eigenvalue weighted by molar-refractivity contribution is -0.127. The van der Waals surface area contributed by atoms with Gasteiger partial charge in [-0.2, -0.15) is 0 Å². The zero-order chi connectivity index (χ0) is 18.2. The number of piperidine rings is 1. The van der Waals surface area contributed by atoms with Crippen molar-refractivity contribution in [2.75, 3.05) is 38.0 Å². The molecule has 7 heteroatoms. The molecular weight excluding hydrogens is 320 g/mol. The molecule has 1 saturated heterocycles. The highest BCUT2D eigenvalue weighted by atomic mass is 16.2. The van der Waals surface area contributed by atoms with Crippen LogP contribution in [0.3, 0.4) is 0 Å². The van der Waals surface area contributed by atoms with Crippen LogP contribution >= 0.6 is 0 Å². The van der Waals surface area contributed by atoms with E-state index in [1.807, 2.05) is 4.90 Å². The molecule has 1 aromatic rings. The summed E-state index contributed by atoms with van der Waals surface area (Å²) in [5.41, 5.74) is 6.57. The van der Waals surface area contributed by atoms with Gasteiger partial charge in [0.05, 0.1) is 12.5 Å². The summed E-state index contributed by atoms with van der Waals surface area (Å²) in [6.07, 6.45) is 1.71. The third-order valence-corrected chi connectivity index (χ3v) is 4.24. The number of hydrogen-bond acceptors (Lipinski definition) is 5. The molecule has 25 heavy (non-hydrogen) atoms. The average Bonchev–Trinajstić information content (AvgIpc) is 2.60. The number of ketones is 1. The first-order chi connectivity index (χ1) is 12.0. The number of amides is 2. The Labute approximate surface area is 147 Å². The highest BCUT2D eigenvalue weighted by Crippen LogP contribution is 2.17. The molecule has 1 unspecified atom stereocenters. The second-order valence-electron chi connectivity index (χ2n) is 6.34. The summed E-state index contributed by atoms with van der Waals surface area (Å²) >= 11 is 0. The molecule has 0 aliphatic carbocycles. The standard InChI is InChI=1S/C18H26N4O3/c1-13(23)14-4-2-6-16(10-14)21-17(24)12-22-9-3-5-15(11-22)18(25)20-8-7-19/h2,4,6,10,15H,3,5,7-9,11-12,19H2,1H3,(H,20,25)(H,21,24). The fourth-order valence-corrected chi connectivity index (χ4v) is 2.97. The van der Waals surface area contributed by atoms with Crippen LogP contribution in [0.25, 0.3) is 0 Å². The topological polar surface area (TPSA) is 105 Å². The zero-order valence-corrected chi connectivity index (χ0v) is 14.6. The first-order valence-electron chi connectivity index (χ1n) is 8.60. The number of nitrogens with two attached hydrogens (primary N) is 1. The van der Waals surface area contributed by atoms with E-state index in [-0.39, 0.29) is 30.1 Å². The number of likely N-dealkylation sites (tertiary alicyclic amines) is 1. The molecule has 4 N–H and O–H groups in total. The van der Waals surface area contributed by atoms with Gasteiger partial charge in [-0.05, 0) is 38.4 Å². The third-order valence-electron chi connectivity index (χ3n) is 4.24. The van der Waals surface area contributed by atoms with E-state index in [9.17, 15) is 14.4 Å². The Morgan fingerprint density at radius 3 is 2.84 bits per heavy atom. The van der Waals surface area contributed by atoms with E-state index in [1.165, 1.54) is 6.92 Å². The zero-order valence-electron chi connectivity index (χ0n) is 14.6. The summed E-state index contributed by atoms with van der Waals surface area (Å²) in [6, 6.07) is 6.88. The van der Waals surface area contributed by atoms with Crippen LogP contribution in [0.4, 0.5) is 5.69 Å². The van der Waals surface area contributed by atoms with Gasteiger partial charge in [-0.25, -0.2) is 0 Å². The highest BCUT2D eigenvalue weighted by Gasteiger charge is 2.26. The minimum Gasteiger partial charge on any atom is -0.355 e. The van der Waals surface area contributed by atoms with Gasteiger partial charge in [0.2, 0.25) is 11.8 Å². The Morgan fingerprint density at radius 1 is 1.32 bits per heavy atom. The van der Waals surface area contributed by atoms with E-state index in [0.29, 0.717) is 30.9 Å². The van der Waals surface area contributed by atoms with E-state index in [4.69, 9.17) is 5.73 Å². The monoisotopic (exact) mass is 346 g/mol. The molecule has 0 spiro atoms. The maximum Gasteiger partial charge on any atom is 0.238 e. The maximum absolute atomic E-state index is 12.3. The molecule has 136 valence electrons. The molecule has 1 fully saturated rings. The molecular formula is C18H26N4O3. The Morgan fingerprint density at radius 2 is 2.12 bits per heavy atom. The molecule has 0 radical (unpaired) electrons. The molecule has 1 atom stereocenters. The first kappa shape index (κ1) is 19.1. The predicted octanol–water partition coefficient (Wildman–Crippen LogP) is 0.615. The minimum absolute atomic E-state index is 0.00437. The second kappa shape index (κ2) is 9.29. The predicted molar refractivity (Wildman–Crippen MR) is 96.3 cm³/mol. The van der Waals surface area contributed by atoms with Crippen LogP contribution in [0, 0.1) is 5.92 Å². The number of nitrogens with zero attached hydrogens (tertiary/aromatic N) is 1. The van der Waals surface area contributed by atoms with Crippen molar-refractivity contribution in [1.82, 2.24) is 10.2 Å². The lowest BCUT2D eigenvalue weighted by atomic mass is 9.97. The largest absolute Gasteiger partial charge is 0.355 e. The summed E-state index contributed by atoms with van der Waals surface area (Å²) in [4.78, 5) is 37.7. The Kier molecular flexibility index (Phi) is 7.09. The Bertz CT molecular complexity index is 633. The molecule has 1 heterocycles. The fraction of sp³-hybridized carbons (Fsp3) is 0.500. The third kappa shape index (κ3) is 5.95. The van der Waals surface area contributed by atoms with Gasteiger partial charge in [0.25, 0.3) is 0 Å². The van der Waals surface area contributed by atoms with Crippen molar-refractivity contribution in [3.05, 3.63) is 29.8 Å². The van der Waals surface area contributed by atoms with Crippen molar-refractivity contribution in [3.8, 4) is 0 Å². The number of anilines is 1. The summed E-state index contributed by atoms with van der Waals surface area (Å²) < 4.78 is 0. The number of rotatable bonds is 7. The van der Waals surface area contributed by atoms with Crippen LogP contribution in [-0.2, 0) is 9.59 Å². The van der Waals surface area contributed by atoms with Gasteiger partial charge in [0.15, 0.2) is 5.78 Å². The van der Waals surface area contributed by atoms with Gasteiger partial charge in [-0.3, -0.25) is 19.3 Å². The van der Waals surface area contributed by atoms with E-state index in [0.717, 1.165) is 19.4 Å². The number of hydrogen-bond donors (Lipinski definition) is 3. The van der Waals surface area contributed by atoms with Crippen molar-refractivity contribution in [2.24, 2.45) is 11.7 Å². The molecule has 1 aliphatic heterocycles. The van der Waals surface area contributed by atoms with Crippen molar-refractivity contribution in [3.63, 3.8) is 0 Å². The van der Waals surface area contributed by atoms with Gasteiger partial charge in [0.1, 0.15) is 0 Å². The lowest BCUT2D eigenvalue weighted by Gasteiger charge is -2.31. The molecule has 1 aromatic carbocycles. The summed E-state index contributed by atoms with van der Waals surface area (Å²) in [6.45, 7) is 3.97. The number of benzene rings is 1. The van der Waals surface area contributed by atoms with Crippen molar-refractivity contribution in [2.45, 2.75) is 19.8 Å². The van der Waals surface area contributed by atoms with Crippen molar-refractivity contribution < 1.29 is 14.4 Å². The van der Waals surface area contributed by atoms with Crippen molar-refractivity contribution in [1.29, 1.82) is 0 Å². The lowest BCUT2D eigenvalue weighted by Crippen LogP contribution is -2.46.